The van der Waals surface area contributed by atoms with Gasteiger partial charge in [-0.3, -0.25) is 0 Å². The van der Waals surface area contributed by atoms with Crippen LogP contribution in [-0.2, 0) is 0 Å². The summed E-state index contributed by atoms with van der Waals surface area (Å²) in [6.45, 7) is 51.8. The number of phenols is 21. The van der Waals surface area contributed by atoms with Crippen LogP contribution in [0.4, 0.5) is 0 Å². The molecule has 0 saturated carbocycles. The van der Waals surface area contributed by atoms with Gasteiger partial charge in [0.15, 0.2) is 0 Å². The topological polar surface area (TPSA) is 425 Å². The van der Waals surface area contributed by atoms with Gasteiger partial charge in [0.25, 0.3) is 0 Å². The standard InChI is InChI=1S/C17H20O3.6C16H18O3/c1-8-6-13(7-9(2)15(8)18)14-12(5)16(19)10(3)11(4)17(14)20;1-8-7-12(17)5-6-13(8)14-11(4)15(18)9(2)10(3)16(14)19;1-8-7-12(5-6-13(8)17)14-11(4)15(18)9(2)10(3)16(14)19;1-8-5-6-13(17)12(7-8)14-11(4)15(18)9(2)10(3)16(14)19;1-8-5-6-12(13(17)7-8)14-11(4)15(18)9(2)10(3)16(14)19;1-8-6-5-7-12(14(8)17)13-11(4)15(18)9(2)10(3)16(13)19;1-8-6-5-7-12(17)13(8)14-11(4)15(18)9(2)10(3)16(14)19/h6-7,18-20H,1-5H3;6*5-7,17-19H,1-4H3. The zero-order valence-corrected chi connectivity index (χ0v) is 81.9. The highest BCUT2D eigenvalue weighted by Crippen LogP contribution is 2.53. The summed E-state index contributed by atoms with van der Waals surface area (Å²) in [5.74, 6) is 3.30. The Labute approximate surface area is 784 Å². The van der Waals surface area contributed by atoms with E-state index in [0.717, 1.165) is 61.2 Å². The molecule has 0 spiro atoms. The van der Waals surface area contributed by atoms with E-state index in [0.29, 0.717) is 178 Å². The number of hydrogen-bond acceptors (Lipinski definition) is 21. The molecule has 0 aliphatic heterocycles. The molecule has 14 aromatic carbocycles. The second-order valence-corrected chi connectivity index (χ2v) is 35.1. The summed E-state index contributed by atoms with van der Waals surface area (Å²) < 4.78 is 0. The lowest BCUT2D eigenvalue weighted by Crippen LogP contribution is -1.94. The largest absolute Gasteiger partial charge is 0.508 e. The fraction of sp³-hybridized carbons (Fsp3) is 0.257. The lowest BCUT2D eigenvalue weighted by atomic mass is 9.90. The number of benzene rings is 14. The Morgan fingerprint density at radius 1 is 0.134 bits per heavy atom. The zero-order chi connectivity index (χ0) is 101. The summed E-state index contributed by atoms with van der Waals surface area (Å²) in [6.07, 6.45) is 0. The fourth-order valence-electron chi connectivity index (χ4n) is 16.6. The van der Waals surface area contributed by atoms with E-state index in [4.69, 9.17) is 0 Å². The van der Waals surface area contributed by atoms with Gasteiger partial charge in [0.1, 0.15) is 121 Å². The Bertz CT molecular complexity index is 6530. The molecule has 0 saturated heterocycles. The summed E-state index contributed by atoms with van der Waals surface area (Å²) in [4.78, 5) is 0. The second-order valence-electron chi connectivity index (χ2n) is 35.1. The minimum atomic E-state index is 0.0895. The Morgan fingerprint density at radius 3 is 0.821 bits per heavy atom. The van der Waals surface area contributed by atoms with E-state index in [1.165, 1.54) is 0 Å². The van der Waals surface area contributed by atoms with E-state index < -0.39 is 0 Å². The van der Waals surface area contributed by atoms with Crippen molar-refractivity contribution in [3.63, 3.8) is 0 Å². The van der Waals surface area contributed by atoms with Gasteiger partial charge in [-0.2, -0.15) is 0 Å². The normalized spacial score (nSPS) is 10.8. The fourth-order valence-corrected chi connectivity index (χ4v) is 16.6. The average Bonchev–Trinajstić information content (AvgIpc) is 0.768. The number of aryl methyl sites for hydroxylation is 8. The molecule has 0 unspecified atom stereocenters. The first kappa shape index (κ1) is 104. The number of para-hydroxylation sites is 1. The van der Waals surface area contributed by atoms with Crippen LogP contribution in [0, 0.1) is 201 Å². The lowest BCUT2D eigenvalue weighted by molar-refractivity contribution is 0.449. The van der Waals surface area contributed by atoms with Gasteiger partial charge in [-0.15, -0.1) is 0 Å². The van der Waals surface area contributed by atoms with Gasteiger partial charge in [0.05, 0.1) is 0 Å². The maximum absolute atomic E-state index is 10.4. The van der Waals surface area contributed by atoms with Crippen molar-refractivity contribution >= 4 is 0 Å². The maximum Gasteiger partial charge on any atom is 0.127 e. The van der Waals surface area contributed by atoms with Crippen molar-refractivity contribution in [3.8, 4) is 199 Å². The summed E-state index contributed by atoms with van der Waals surface area (Å²) >= 11 is 0. The molecular formula is C113H128O21. The molecule has 0 radical (unpaired) electrons. The number of aromatic hydroxyl groups is 21. The summed E-state index contributed by atoms with van der Waals surface area (Å²) in [6, 6.07) is 34.7. The van der Waals surface area contributed by atoms with Crippen molar-refractivity contribution in [3.05, 3.63) is 283 Å². The van der Waals surface area contributed by atoms with Gasteiger partial charge in [-0.1, -0.05) is 66.2 Å². The molecule has 134 heavy (non-hydrogen) atoms. The highest BCUT2D eigenvalue weighted by Gasteiger charge is 2.28. The van der Waals surface area contributed by atoms with Crippen LogP contribution in [0.1, 0.15) is 161 Å². The number of hydrogen-bond donors (Lipinski definition) is 21. The third kappa shape index (κ3) is 20.5. The smallest absolute Gasteiger partial charge is 0.127 e. The molecule has 0 atom stereocenters. The third-order valence-electron chi connectivity index (χ3n) is 26.3. The van der Waals surface area contributed by atoms with Crippen molar-refractivity contribution < 1.29 is 107 Å². The molecule has 21 N–H and O–H groups in total. The Balaban J connectivity index is 0.000000192. The predicted molar refractivity (Wildman–Crippen MR) is 535 cm³/mol. The monoisotopic (exact) mass is 1820 g/mol. The Kier molecular flexibility index (Phi) is 32.3. The molecule has 0 aliphatic carbocycles. The van der Waals surface area contributed by atoms with Gasteiger partial charge < -0.3 is 107 Å². The van der Waals surface area contributed by atoms with Crippen LogP contribution in [0.3, 0.4) is 0 Å². The molecule has 0 heterocycles. The Morgan fingerprint density at radius 2 is 0.433 bits per heavy atom. The SMILES string of the molecule is Cc1cc(-c2c(C)c(O)c(C)c(C)c2O)cc(C)c1O.Cc1cc(-c2c(C)c(O)c(C)c(C)c2O)ccc1O.Cc1cc(O)ccc1-c1c(C)c(O)c(C)c(C)c1O.Cc1ccc(-c2c(C)c(O)c(C)c(C)c2O)c(O)c1.Cc1ccc(O)c(-c2c(C)c(O)c(C)c(C)c2O)c1.Cc1cccc(-c2c(C)c(O)c(C)c(C)c2O)c1O.Cc1cccc(O)c1-c1c(C)c(O)c(C)c(C)c1O. The van der Waals surface area contributed by atoms with E-state index >= 15 is 0 Å². The van der Waals surface area contributed by atoms with Gasteiger partial charge >= 0.3 is 0 Å². The lowest BCUT2D eigenvalue weighted by Gasteiger charge is -2.18. The van der Waals surface area contributed by atoms with Crippen LogP contribution in [0.5, 0.6) is 121 Å². The highest BCUT2D eigenvalue weighted by atomic mass is 16.3. The zero-order valence-electron chi connectivity index (χ0n) is 81.9. The molecule has 706 valence electrons. The first-order valence-corrected chi connectivity index (χ1v) is 43.5. The molecule has 0 bridgehead atoms. The van der Waals surface area contributed by atoms with E-state index in [-0.39, 0.29) is 121 Å². The van der Waals surface area contributed by atoms with Crippen molar-refractivity contribution in [1.29, 1.82) is 0 Å². The van der Waals surface area contributed by atoms with Gasteiger partial charge in [-0.05, 0) is 395 Å². The number of rotatable bonds is 7. The Hall–Kier alpha value is -15.1. The van der Waals surface area contributed by atoms with E-state index in [1.807, 2.05) is 71.9 Å². The second kappa shape index (κ2) is 41.5. The van der Waals surface area contributed by atoms with Crippen LogP contribution in [0.15, 0.2) is 121 Å². The molecular weight excluding hydrogens is 1690 g/mol. The number of phenolic OH excluding ortho intramolecular Hbond substituents is 21. The predicted octanol–water partition coefficient (Wildman–Crippen LogP) is 26.2. The minimum absolute atomic E-state index is 0.0895. The molecule has 0 fully saturated rings. The van der Waals surface area contributed by atoms with Crippen molar-refractivity contribution in [2.75, 3.05) is 0 Å². The molecule has 0 aliphatic rings. The molecule has 0 aromatic heterocycles. The van der Waals surface area contributed by atoms with Crippen LogP contribution >= 0.6 is 0 Å². The molecule has 0 amide bonds. The maximum atomic E-state index is 10.4. The minimum Gasteiger partial charge on any atom is -0.508 e. The van der Waals surface area contributed by atoms with Crippen molar-refractivity contribution in [2.45, 2.75) is 201 Å². The van der Waals surface area contributed by atoms with Crippen LogP contribution in [0.25, 0.3) is 77.9 Å². The summed E-state index contributed by atoms with van der Waals surface area (Å²) in [5, 5.41) is 213. The quantitative estimate of drug-likeness (QED) is 0.0659. The van der Waals surface area contributed by atoms with Gasteiger partial charge in [0, 0.05) is 100 Å². The van der Waals surface area contributed by atoms with Gasteiger partial charge in [-0.25, -0.2) is 0 Å². The van der Waals surface area contributed by atoms with Crippen molar-refractivity contribution in [1.82, 2.24) is 0 Å². The molecule has 14 rings (SSSR count). The molecule has 14 aromatic rings. The van der Waals surface area contributed by atoms with Crippen LogP contribution in [-0.4, -0.2) is 107 Å². The molecule has 21 nitrogen and oxygen atoms in total. The summed E-state index contributed by atoms with van der Waals surface area (Å²) in [7, 11) is 0. The van der Waals surface area contributed by atoms with Gasteiger partial charge in [0.2, 0.25) is 0 Å². The van der Waals surface area contributed by atoms with E-state index in [9.17, 15) is 107 Å². The van der Waals surface area contributed by atoms with E-state index in [1.54, 1.807) is 250 Å². The van der Waals surface area contributed by atoms with Crippen LogP contribution < -0.4 is 0 Å². The highest BCUT2D eigenvalue weighted by molar-refractivity contribution is 5.89. The summed E-state index contributed by atoms with van der Waals surface area (Å²) in [5.41, 5.74) is 28.4. The first-order chi connectivity index (χ1) is 62.3. The van der Waals surface area contributed by atoms with Crippen LogP contribution in [0.2, 0.25) is 0 Å². The first-order valence-electron chi connectivity index (χ1n) is 43.5. The molecule has 21 heteroatoms. The van der Waals surface area contributed by atoms with E-state index in [2.05, 4.69) is 0 Å². The average molecular weight is 1820 g/mol. The third-order valence-corrected chi connectivity index (χ3v) is 26.3. The van der Waals surface area contributed by atoms with Crippen molar-refractivity contribution in [2.24, 2.45) is 0 Å².